The molecule has 154 valence electrons. The highest BCUT2D eigenvalue weighted by Crippen LogP contribution is 2.32. The van der Waals surface area contributed by atoms with Crippen LogP contribution < -0.4 is 5.32 Å². The summed E-state index contributed by atoms with van der Waals surface area (Å²) in [5.41, 5.74) is 2.76. The Hall–Kier alpha value is -2.28. The van der Waals surface area contributed by atoms with Crippen molar-refractivity contribution in [3.63, 3.8) is 0 Å². The molecule has 0 aliphatic rings. The molecule has 0 amide bonds. The first-order valence-corrected chi connectivity index (χ1v) is 8.57. The van der Waals surface area contributed by atoms with Gasteiger partial charge in [-0.3, -0.25) is 0 Å². The average Bonchev–Trinajstić information content (AvgIpc) is 2.59. The molecule has 0 aromatic heterocycles. The molecule has 0 unspecified atom stereocenters. The molecule has 0 aliphatic carbocycles. The number of aliphatic imine (C=N–C) groups is 1. The monoisotopic (exact) mass is 417 g/mol. The van der Waals surface area contributed by atoms with Crippen LogP contribution in [-0.4, -0.2) is 24.8 Å². The molecule has 0 aliphatic heterocycles. The summed E-state index contributed by atoms with van der Waals surface area (Å²) >= 11 is 0. The summed E-state index contributed by atoms with van der Waals surface area (Å²) in [6.45, 7) is 6.95. The van der Waals surface area contributed by atoms with Crippen LogP contribution in [0, 0.1) is 19.7 Å². The van der Waals surface area contributed by atoms with Gasteiger partial charge in [-0.1, -0.05) is 6.07 Å². The number of alkyl halides is 3. The summed E-state index contributed by atoms with van der Waals surface area (Å²) in [5, 5.41) is 3.15. The van der Waals surface area contributed by atoms with Crippen molar-refractivity contribution in [2.24, 2.45) is 4.99 Å². The van der Waals surface area contributed by atoms with Crippen molar-refractivity contribution >= 4 is 30.1 Å². The minimum Gasteiger partial charge on any atom is -0.381 e. The van der Waals surface area contributed by atoms with Crippen LogP contribution in [0.25, 0.3) is 0 Å². The van der Waals surface area contributed by atoms with E-state index in [1.54, 1.807) is 6.34 Å². The van der Waals surface area contributed by atoms with Crippen LogP contribution in [0.4, 0.5) is 28.9 Å². The van der Waals surface area contributed by atoms with E-state index in [0.717, 1.165) is 41.2 Å². The molecule has 3 nitrogen and oxygen atoms in total. The Balaban J connectivity index is 0.00000392. The second-order valence-electron chi connectivity index (χ2n) is 6.44. The Morgan fingerprint density at radius 3 is 2.36 bits per heavy atom. The molecule has 0 spiro atoms. The standard InChI is InChI=1S/C20H23F4N3.ClH/c1-5-27(4)12-26-19-9-13(2)18(8-14(19)3)25-11-15-6-7-16(17(21)10-15)20(22,23)24;/h6-10,12,25H,5,11H2,1-4H3;1H/b26-12+;. The maximum absolute atomic E-state index is 13.7. The molecule has 0 fully saturated rings. The van der Waals surface area contributed by atoms with E-state index >= 15 is 0 Å². The Bertz CT molecular complexity index is 835. The molecular weight excluding hydrogens is 394 g/mol. The third kappa shape index (κ3) is 6.12. The number of benzene rings is 2. The van der Waals surface area contributed by atoms with Gasteiger partial charge in [0, 0.05) is 25.8 Å². The lowest BCUT2D eigenvalue weighted by Gasteiger charge is -2.14. The predicted molar refractivity (Wildman–Crippen MR) is 108 cm³/mol. The zero-order valence-corrected chi connectivity index (χ0v) is 17.0. The van der Waals surface area contributed by atoms with Crippen LogP contribution >= 0.6 is 12.4 Å². The Morgan fingerprint density at radius 1 is 1.11 bits per heavy atom. The first-order valence-electron chi connectivity index (χ1n) is 8.57. The average molecular weight is 418 g/mol. The van der Waals surface area contributed by atoms with Gasteiger partial charge in [-0.25, -0.2) is 9.38 Å². The van der Waals surface area contributed by atoms with Crippen molar-refractivity contribution in [2.75, 3.05) is 18.9 Å². The van der Waals surface area contributed by atoms with Gasteiger partial charge in [0.25, 0.3) is 0 Å². The molecule has 2 rings (SSSR count). The Morgan fingerprint density at radius 2 is 1.79 bits per heavy atom. The Kier molecular flexibility index (Phi) is 8.29. The summed E-state index contributed by atoms with van der Waals surface area (Å²) in [7, 11) is 1.94. The molecule has 1 N–H and O–H groups in total. The van der Waals surface area contributed by atoms with Crippen LogP contribution in [0.2, 0.25) is 0 Å². The maximum atomic E-state index is 13.7. The molecule has 28 heavy (non-hydrogen) atoms. The van der Waals surface area contributed by atoms with Gasteiger partial charge >= 0.3 is 6.18 Å². The van der Waals surface area contributed by atoms with E-state index in [1.807, 2.05) is 44.9 Å². The lowest BCUT2D eigenvalue weighted by atomic mass is 10.1. The SMILES string of the molecule is CCN(C)/C=N/c1cc(C)c(NCc2ccc(C(F)(F)F)c(F)c2)cc1C.Cl. The first kappa shape index (κ1) is 23.8. The van der Waals surface area contributed by atoms with Crippen molar-refractivity contribution in [1.29, 1.82) is 0 Å². The summed E-state index contributed by atoms with van der Waals surface area (Å²) in [4.78, 5) is 6.42. The highest BCUT2D eigenvalue weighted by molar-refractivity contribution is 5.85. The van der Waals surface area contributed by atoms with Gasteiger partial charge in [-0.2, -0.15) is 13.2 Å². The van der Waals surface area contributed by atoms with Crippen molar-refractivity contribution in [2.45, 2.75) is 33.5 Å². The van der Waals surface area contributed by atoms with Crippen molar-refractivity contribution in [3.8, 4) is 0 Å². The third-order valence-corrected chi connectivity index (χ3v) is 4.26. The summed E-state index contributed by atoms with van der Waals surface area (Å²) in [6, 6.07) is 6.82. The van der Waals surface area contributed by atoms with Gasteiger partial charge in [-0.15, -0.1) is 12.4 Å². The summed E-state index contributed by atoms with van der Waals surface area (Å²) < 4.78 is 51.6. The highest BCUT2D eigenvalue weighted by Gasteiger charge is 2.33. The zero-order valence-electron chi connectivity index (χ0n) is 16.2. The van der Waals surface area contributed by atoms with Crippen LogP contribution in [0.1, 0.15) is 29.2 Å². The second kappa shape index (κ2) is 9.78. The molecule has 0 bridgehead atoms. The summed E-state index contributed by atoms with van der Waals surface area (Å²) in [6.07, 6.45) is -2.92. The minimum atomic E-state index is -4.69. The van der Waals surface area contributed by atoms with E-state index in [4.69, 9.17) is 0 Å². The largest absolute Gasteiger partial charge is 0.419 e. The zero-order chi connectivity index (χ0) is 20.2. The van der Waals surface area contributed by atoms with E-state index in [1.165, 1.54) is 6.07 Å². The van der Waals surface area contributed by atoms with Gasteiger partial charge in [-0.05, 0) is 61.7 Å². The number of anilines is 1. The van der Waals surface area contributed by atoms with Crippen LogP contribution in [0.5, 0.6) is 0 Å². The van der Waals surface area contributed by atoms with Crippen molar-refractivity contribution in [1.82, 2.24) is 4.90 Å². The quantitative estimate of drug-likeness (QED) is 0.349. The smallest absolute Gasteiger partial charge is 0.381 e. The van der Waals surface area contributed by atoms with E-state index in [-0.39, 0.29) is 19.0 Å². The normalized spacial score (nSPS) is 11.4. The minimum absolute atomic E-state index is 0. The van der Waals surface area contributed by atoms with E-state index in [9.17, 15) is 17.6 Å². The lowest BCUT2D eigenvalue weighted by Crippen LogP contribution is -2.14. The number of nitrogens with one attached hydrogen (secondary N) is 1. The number of halogens is 5. The number of hydrogen-bond acceptors (Lipinski definition) is 2. The van der Waals surface area contributed by atoms with E-state index < -0.39 is 17.6 Å². The number of rotatable bonds is 6. The Labute approximate surface area is 168 Å². The molecule has 0 saturated heterocycles. The fourth-order valence-electron chi connectivity index (χ4n) is 2.47. The predicted octanol–water partition coefficient (Wildman–Crippen LogP) is 6.11. The van der Waals surface area contributed by atoms with Crippen LogP contribution in [0.15, 0.2) is 35.3 Å². The first-order chi connectivity index (χ1) is 12.6. The fraction of sp³-hybridized carbons (Fsp3) is 0.350. The number of aryl methyl sites for hydroxylation is 2. The van der Waals surface area contributed by atoms with E-state index in [2.05, 4.69) is 10.3 Å². The number of hydrogen-bond donors (Lipinski definition) is 1. The highest BCUT2D eigenvalue weighted by atomic mass is 35.5. The molecular formula is C20H24ClF4N3. The number of nitrogens with zero attached hydrogens (tertiary/aromatic N) is 2. The van der Waals surface area contributed by atoms with Crippen molar-refractivity contribution < 1.29 is 17.6 Å². The van der Waals surface area contributed by atoms with Gasteiger partial charge in [0.05, 0.1) is 17.6 Å². The molecule has 0 atom stereocenters. The third-order valence-electron chi connectivity index (χ3n) is 4.26. The van der Waals surface area contributed by atoms with Gasteiger partial charge in [0.1, 0.15) is 5.82 Å². The van der Waals surface area contributed by atoms with Gasteiger partial charge in [0.15, 0.2) is 0 Å². The van der Waals surface area contributed by atoms with Crippen LogP contribution in [0.3, 0.4) is 0 Å². The molecule has 0 saturated carbocycles. The summed E-state index contributed by atoms with van der Waals surface area (Å²) in [5.74, 6) is -1.26. The van der Waals surface area contributed by atoms with Crippen molar-refractivity contribution in [3.05, 3.63) is 58.4 Å². The topological polar surface area (TPSA) is 27.6 Å². The molecule has 0 heterocycles. The fourth-order valence-corrected chi connectivity index (χ4v) is 2.47. The lowest BCUT2D eigenvalue weighted by molar-refractivity contribution is -0.140. The van der Waals surface area contributed by atoms with E-state index in [0.29, 0.717) is 5.56 Å². The van der Waals surface area contributed by atoms with Gasteiger partial charge in [0.2, 0.25) is 0 Å². The second-order valence-corrected chi connectivity index (χ2v) is 6.44. The molecule has 0 radical (unpaired) electrons. The van der Waals surface area contributed by atoms with Crippen LogP contribution in [-0.2, 0) is 12.7 Å². The molecule has 2 aromatic carbocycles. The maximum Gasteiger partial charge on any atom is 0.419 e. The molecule has 8 heteroatoms. The molecule has 2 aromatic rings. The van der Waals surface area contributed by atoms with Gasteiger partial charge < -0.3 is 10.2 Å².